The van der Waals surface area contributed by atoms with Crippen molar-refractivity contribution in [2.45, 2.75) is 57.7 Å². The van der Waals surface area contributed by atoms with Crippen molar-refractivity contribution in [3.63, 3.8) is 0 Å². The summed E-state index contributed by atoms with van der Waals surface area (Å²) in [5.74, 6) is -1.54. The number of carboxylic acid groups (broad SMARTS) is 1. The Hall–Kier alpha value is -3.32. The highest BCUT2D eigenvalue weighted by molar-refractivity contribution is 5.97. The molecule has 0 aromatic carbocycles. The highest BCUT2D eigenvalue weighted by atomic mass is 19.4. The van der Waals surface area contributed by atoms with Crippen molar-refractivity contribution in [3.8, 4) is 0 Å². The molecule has 39 heavy (non-hydrogen) atoms. The van der Waals surface area contributed by atoms with Crippen LogP contribution in [0.5, 0.6) is 0 Å². The predicted octanol–water partition coefficient (Wildman–Crippen LogP) is 3.18. The van der Waals surface area contributed by atoms with E-state index in [-0.39, 0.29) is 6.42 Å². The first-order chi connectivity index (χ1) is 18.7. The molecule has 2 aromatic rings. The summed E-state index contributed by atoms with van der Waals surface area (Å²) in [6.07, 6.45) is 0.955. The first kappa shape index (κ1) is 30.2. The number of ether oxygens (including phenoxy) is 1. The number of anilines is 1. The number of alkyl halides is 3. The summed E-state index contributed by atoms with van der Waals surface area (Å²) in [5.41, 5.74) is 0.202. The highest BCUT2D eigenvalue weighted by Gasteiger charge is 2.36. The number of amides is 1. The smallest absolute Gasteiger partial charge is 0.418 e. The minimum atomic E-state index is -4.83. The summed E-state index contributed by atoms with van der Waals surface area (Å²) >= 11 is 0. The zero-order valence-electron chi connectivity index (χ0n) is 22.0. The summed E-state index contributed by atoms with van der Waals surface area (Å²) in [6.45, 7) is 5.34. The van der Waals surface area contributed by atoms with Gasteiger partial charge in [-0.3, -0.25) is 4.79 Å². The van der Waals surface area contributed by atoms with Gasteiger partial charge < -0.3 is 25.4 Å². The first-order valence-electron chi connectivity index (χ1n) is 13.1. The number of hydrogen-bond acceptors (Lipinski definition) is 8. The van der Waals surface area contributed by atoms with Gasteiger partial charge in [0.2, 0.25) is 0 Å². The van der Waals surface area contributed by atoms with Gasteiger partial charge in [0.05, 0.1) is 30.1 Å². The Morgan fingerprint density at radius 2 is 1.97 bits per heavy atom. The lowest BCUT2D eigenvalue weighted by atomic mass is 10.1. The van der Waals surface area contributed by atoms with Gasteiger partial charge in [0.15, 0.2) is 0 Å². The molecule has 0 saturated carbocycles. The standard InChI is InChI=1S/C26H35F3N6O4/c1-2-39-15-14-35(12-4-3-7-19-9-8-18-6-5-11-30-23(18)33-19)13-10-22(25(37)38)34-24(36)20-16-31-32-17-21(20)26(27,28)29/h8-9,16-17,22H,2-7,10-15H2,1H3,(H,30,33)(H,34,36)(H,37,38)/t22-/m0/s1. The summed E-state index contributed by atoms with van der Waals surface area (Å²) < 4.78 is 45.2. The molecule has 3 N–H and O–H groups in total. The van der Waals surface area contributed by atoms with E-state index in [1.54, 1.807) is 0 Å². The van der Waals surface area contributed by atoms with Gasteiger partial charge in [-0.15, -0.1) is 0 Å². The fraction of sp³-hybridized carbons (Fsp3) is 0.577. The van der Waals surface area contributed by atoms with E-state index in [0.29, 0.717) is 45.2 Å². The van der Waals surface area contributed by atoms with Crippen molar-refractivity contribution >= 4 is 17.7 Å². The van der Waals surface area contributed by atoms with Crippen LogP contribution in [0.3, 0.4) is 0 Å². The lowest BCUT2D eigenvalue weighted by molar-refractivity contribution is -0.139. The molecule has 2 aromatic heterocycles. The molecule has 0 radical (unpaired) electrons. The van der Waals surface area contributed by atoms with Crippen molar-refractivity contribution in [1.82, 2.24) is 25.4 Å². The molecular weight excluding hydrogens is 517 g/mol. The van der Waals surface area contributed by atoms with E-state index in [2.05, 4.69) is 33.0 Å². The first-order valence-corrected chi connectivity index (χ1v) is 13.1. The number of aryl methyl sites for hydroxylation is 2. The molecule has 0 fully saturated rings. The second-order valence-electron chi connectivity index (χ2n) is 9.30. The molecule has 13 heteroatoms. The minimum absolute atomic E-state index is 0.00507. The lowest BCUT2D eigenvalue weighted by Gasteiger charge is -2.24. The fourth-order valence-electron chi connectivity index (χ4n) is 4.36. The third kappa shape index (κ3) is 9.43. The number of pyridine rings is 1. The molecule has 214 valence electrons. The molecule has 0 aliphatic carbocycles. The molecule has 1 atom stereocenters. The van der Waals surface area contributed by atoms with Crippen LogP contribution in [0.2, 0.25) is 0 Å². The molecular formula is C26H35F3N6O4. The summed E-state index contributed by atoms with van der Waals surface area (Å²) in [5, 5.41) is 21.7. The second-order valence-corrected chi connectivity index (χ2v) is 9.30. The van der Waals surface area contributed by atoms with Crippen molar-refractivity contribution < 1.29 is 32.6 Å². The van der Waals surface area contributed by atoms with E-state index in [1.165, 1.54) is 5.56 Å². The van der Waals surface area contributed by atoms with E-state index in [4.69, 9.17) is 9.72 Å². The lowest BCUT2D eigenvalue weighted by Crippen LogP contribution is -2.44. The number of rotatable bonds is 15. The fourth-order valence-corrected chi connectivity index (χ4v) is 4.36. The molecule has 1 aliphatic heterocycles. The van der Waals surface area contributed by atoms with Gasteiger partial charge in [-0.1, -0.05) is 6.07 Å². The van der Waals surface area contributed by atoms with Crippen molar-refractivity contribution in [2.75, 3.05) is 44.7 Å². The second kappa shape index (κ2) is 14.7. The number of fused-ring (bicyclic) bond motifs is 1. The van der Waals surface area contributed by atoms with Crippen LogP contribution in [0.4, 0.5) is 19.0 Å². The van der Waals surface area contributed by atoms with Gasteiger partial charge in [-0.25, -0.2) is 9.78 Å². The molecule has 3 heterocycles. The predicted molar refractivity (Wildman–Crippen MR) is 137 cm³/mol. The number of carboxylic acids is 1. The van der Waals surface area contributed by atoms with E-state index in [0.717, 1.165) is 50.2 Å². The Bertz CT molecular complexity index is 1100. The van der Waals surface area contributed by atoms with Crippen LogP contribution >= 0.6 is 0 Å². The topological polar surface area (TPSA) is 130 Å². The Labute approximate surface area is 225 Å². The molecule has 3 rings (SSSR count). The van der Waals surface area contributed by atoms with Crippen molar-refractivity contribution in [3.05, 3.63) is 46.9 Å². The molecule has 0 spiro atoms. The van der Waals surface area contributed by atoms with Crippen LogP contribution in [0.25, 0.3) is 0 Å². The Morgan fingerprint density at radius 1 is 1.18 bits per heavy atom. The van der Waals surface area contributed by atoms with Gasteiger partial charge in [-0.2, -0.15) is 23.4 Å². The Morgan fingerprint density at radius 3 is 2.72 bits per heavy atom. The zero-order chi connectivity index (χ0) is 28.3. The van der Waals surface area contributed by atoms with Crippen LogP contribution in [0.15, 0.2) is 24.5 Å². The van der Waals surface area contributed by atoms with Crippen LogP contribution < -0.4 is 10.6 Å². The van der Waals surface area contributed by atoms with Crippen LogP contribution in [0, 0.1) is 0 Å². The number of halogens is 3. The molecule has 0 unspecified atom stereocenters. The van der Waals surface area contributed by atoms with Gasteiger partial charge in [0, 0.05) is 31.9 Å². The number of hydrogen-bond donors (Lipinski definition) is 3. The van der Waals surface area contributed by atoms with E-state index in [9.17, 15) is 27.9 Å². The monoisotopic (exact) mass is 552 g/mol. The minimum Gasteiger partial charge on any atom is -0.480 e. The van der Waals surface area contributed by atoms with E-state index in [1.807, 2.05) is 11.8 Å². The third-order valence-corrected chi connectivity index (χ3v) is 6.48. The van der Waals surface area contributed by atoms with Crippen LogP contribution in [-0.2, 0) is 28.5 Å². The van der Waals surface area contributed by atoms with Crippen LogP contribution in [-0.4, -0.2) is 82.5 Å². The summed E-state index contributed by atoms with van der Waals surface area (Å²) in [6, 6.07) is 2.80. The van der Waals surface area contributed by atoms with E-state index < -0.39 is 35.2 Å². The number of carbonyl (C=O) groups excluding carboxylic acids is 1. The molecule has 0 bridgehead atoms. The van der Waals surface area contributed by atoms with Crippen molar-refractivity contribution in [1.29, 1.82) is 0 Å². The Balaban J connectivity index is 1.54. The maximum Gasteiger partial charge on any atom is 0.418 e. The number of aliphatic carboxylic acids is 1. The van der Waals surface area contributed by atoms with E-state index >= 15 is 0 Å². The summed E-state index contributed by atoms with van der Waals surface area (Å²) in [7, 11) is 0. The van der Waals surface area contributed by atoms with Crippen molar-refractivity contribution in [2.24, 2.45) is 0 Å². The molecule has 1 amide bonds. The maximum absolute atomic E-state index is 13.2. The van der Waals surface area contributed by atoms with Gasteiger partial charge >= 0.3 is 12.1 Å². The number of nitrogens with one attached hydrogen (secondary N) is 2. The molecule has 10 nitrogen and oxygen atoms in total. The van der Waals surface area contributed by atoms with Gasteiger partial charge in [0.25, 0.3) is 5.91 Å². The Kier molecular flexibility index (Phi) is 11.4. The number of unbranched alkanes of at least 4 members (excludes halogenated alkanes) is 1. The van der Waals surface area contributed by atoms with Crippen LogP contribution in [0.1, 0.15) is 59.8 Å². The number of aromatic nitrogens is 3. The zero-order valence-corrected chi connectivity index (χ0v) is 22.0. The average Bonchev–Trinajstić information content (AvgIpc) is 2.92. The number of nitrogens with zero attached hydrogens (tertiary/aromatic N) is 4. The van der Waals surface area contributed by atoms with Gasteiger partial charge in [0.1, 0.15) is 11.9 Å². The normalized spacial score (nSPS) is 14.0. The average molecular weight is 553 g/mol. The number of carbonyl (C=O) groups is 2. The maximum atomic E-state index is 13.2. The quantitative estimate of drug-likeness (QED) is 0.285. The summed E-state index contributed by atoms with van der Waals surface area (Å²) in [4.78, 5) is 31.1. The largest absolute Gasteiger partial charge is 0.480 e. The molecule has 1 aliphatic rings. The SMILES string of the molecule is CCOCCN(CCCCc1ccc2c(n1)NCCC2)CC[C@H](NC(=O)c1cnncc1C(F)(F)F)C(=O)O. The van der Waals surface area contributed by atoms with Gasteiger partial charge in [-0.05, 0) is 63.6 Å². The molecule has 0 saturated heterocycles. The third-order valence-electron chi connectivity index (χ3n) is 6.48. The highest BCUT2D eigenvalue weighted by Crippen LogP contribution is 2.31.